The molecule has 0 N–H and O–H groups in total. The van der Waals surface area contributed by atoms with E-state index >= 15 is 0 Å². The molecule has 0 bridgehead atoms. The molecule has 2 heteroatoms. The van der Waals surface area contributed by atoms with E-state index < -0.39 is 0 Å². The number of methoxy groups -OCH3 is 1. The largest absolute Gasteiger partial charge is 0.497 e. The van der Waals surface area contributed by atoms with Crippen molar-refractivity contribution in [2.45, 2.75) is 27.2 Å². The molecule has 0 fully saturated rings. The molecule has 132 valence electrons. The standard InChI is InChI=1S/C12H16O.C11H12O/c1-10(2)4-5-11-6-8-12(13-3)9-7-11;1-2-9-7-10-5-3-4-6-11(10)12-8-9/h4-10H,1-3H3;3-7H,2,8H2,1H3/b5-4+;. The molecule has 2 aromatic rings. The Hall–Kier alpha value is -2.48. The highest BCUT2D eigenvalue weighted by Crippen LogP contribution is 2.26. The fourth-order valence-corrected chi connectivity index (χ4v) is 2.39. The lowest BCUT2D eigenvalue weighted by atomic mass is 10.1. The van der Waals surface area contributed by atoms with Gasteiger partial charge in [0.1, 0.15) is 18.1 Å². The molecule has 1 aliphatic heterocycles. The summed E-state index contributed by atoms with van der Waals surface area (Å²) >= 11 is 0. The van der Waals surface area contributed by atoms with E-state index in [2.05, 4.69) is 57.2 Å². The van der Waals surface area contributed by atoms with Crippen LogP contribution in [0.5, 0.6) is 11.5 Å². The van der Waals surface area contributed by atoms with E-state index in [4.69, 9.17) is 9.47 Å². The molecule has 0 aliphatic carbocycles. The molecule has 0 atom stereocenters. The Morgan fingerprint density at radius 2 is 1.80 bits per heavy atom. The van der Waals surface area contributed by atoms with Crippen LogP contribution in [0.1, 0.15) is 38.3 Å². The van der Waals surface area contributed by atoms with Crippen molar-refractivity contribution in [3.05, 3.63) is 71.3 Å². The van der Waals surface area contributed by atoms with E-state index in [1.54, 1.807) is 7.11 Å². The highest BCUT2D eigenvalue weighted by molar-refractivity contribution is 5.61. The first-order chi connectivity index (χ1) is 12.1. The van der Waals surface area contributed by atoms with Gasteiger partial charge in [0.15, 0.2) is 0 Å². The lowest BCUT2D eigenvalue weighted by Gasteiger charge is -2.16. The molecule has 0 aromatic heterocycles. The summed E-state index contributed by atoms with van der Waals surface area (Å²) in [6, 6.07) is 16.2. The van der Waals surface area contributed by atoms with Gasteiger partial charge in [-0.15, -0.1) is 0 Å². The summed E-state index contributed by atoms with van der Waals surface area (Å²) in [4.78, 5) is 0. The van der Waals surface area contributed by atoms with Gasteiger partial charge in [0, 0.05) is 5.56 Å². The Bertz CT molecular complexity index is 709. The average Bonchev–Trinajstić information content (AvgIpc) is 2.66. The molecular formula is C23H28O2. The van der Waals surface area contributed by atoms with Crippen molar-refractivity contribution < 1.29 is 9.47 Å². The molecule has 0 saturated carbocycles. The van der Waals surface area contributed by atoms with Crippen molar-refractivity contribution >= 4 is 12.2 Å². The third kappa shape index (κ3) is 6.15. The van der Waals surface area contributed by atoms with Gasteiger partial charge in [-0.1, -0.05) is 63.3 Å². The minimum Gasteiger partial charge on any atom is -0.497 e. The van der Waals surface area contributed by atoms with E-state index in [1.165, 1.54) is 16.7 Å². The molecule has 0 saturated heterocycles. The Labute approximate surface area is 151 Å². The van der Waals surface area contributed by atoms with Gasteiger partial charge in [-0.05, 0) is 47.8 Å². The number of benzene rings is 2. The SMILES string of the molecule is CCC1=Cc2ccccc2OC1.COc1ccc(/C=C/C(C)C)cc1. The van der Waals surface area contributed by atoms with Crippen LogP contribution in [0, 0.1) is 5.92 Å². The summed E-state index contributed by atoms with van der Waals surface area (Å²) in [5, 5.41) is 0. The van der Waals surface area contributed by atoms with Crippen LogP contribution in [0.15, 0.2) is 60.2 Å². The second-order valence-electron chi connectivity index (χ2n) is 6.36. The average molecular weight is 336 g/mol. The first-order valence-electron chi connectivity index (χ1n) is 8.86. The number of rotatable bonds is 4. The molecule has 0 radical (unpaired) electrons. The van der Waals surface area contributed by atoms with Crippen LogP contribution < -0.4 is 9.47 Å². The summed E-state index contributed by atoms with van der Waals surface area (Å²) in [6.07, 6.45) is 7.61. The topological polar surface area (TPSA) is 18.5 Å². The molecule has 3 rings (SSSR count). The summed E-state index contributed by atoms with van der Waals surface area (Å²) in [6.45, 7) is 7.25. The summed E-state index contributed by atoms with van der Waals surface area (Å²) in [5.74, 6) is 2.51. The molecule has 0 spiro atoms. The predicted molar refractivity (Wildman–Crippen MR) is 107 cm³/mol. The minimum absolute atomic E-state index is 0.599. The molecule has 25 heavy (non-hydrogen) atoms. The number of para-hydroxylation sites is 1. The van der Waals surface area contributed by atoms with Crippen molar-refractivity contribution in [1.82, 2.24) is 0 Å². The van der Waals surface area contributed by atoms with Crippen LogP contribution in [-0.4, -0.2) is 13.7 Å². The van der Waals surface area contributed by atoms with Gasteiger partial charge in [-0.3, -0.25) is 0 Å². The van der Waals surface area contributed by atoms with Crippen LogP contribution in [-0.2, 0) is 0 Å². The van der Waals surface area contributed by atoms with E-state index in [9.17, 15) is 0 Å². The van der Waals surface area contributed by atoms with Crippen molar-refractivity contribution in [3.8, 4) is 11.5 Å². The van der Waals surface area contributed by atoms with Gasteiger partial charge in [0.05, 0.1) is 7.11 Å². The Kier molecular flexibility index (Phi) is 7.34. The Morgan fingerprint density at radius 1 is 1.08 bits per heavy atom. The van der Waals surface area contributed by atoms with Crippen molar-refractivity contribution in [2.75, 3.05) is 13.7 Å². The minimum atomic E-state index is 0.599. The van der Waals surface area contributed by atoms with Gasteiger partial charge < -0.3 is 9.47 Å². The quantitative estimate of drug-likeness (QED) is 0.658. The molecule has 0 unspecified atom stereocenters. The summed E-state index contributed by atoms with van der Waals surface area (Å²) in [7, 11) is 1.68. The zero-order chi connectivity index (χ0) is 18.1. The van der Waals surface area contributed by atoms with Crippen LogP contribution in [0.25, 0.3) is 12.2 Å². The van der Waals surface area contributed by atoms with Crippen molar-refractivity contribution in [2.24, 2.45) is 5.92 Å². The third-order valence-corrected chi connectivity index (χ3v) is 3.94. The molecule has 0 amide bonds. The van der Waals surface area contributed by atoms with Crippen molar-refractivity contribution in [1.29, 1.82) is 0 Å². The van der Waals surface area contributed by atoms with Crippen LogP contribution in [0.2, 0.25) is 0 Å². The molecule has 1 heterocycles. The maximum absolute atomic E-state index is 5.56. The van der Waals surface area contributed by atoms with Gasteiger partial charge in [-0.2, -0.15) is 0 Å². The summed E-state index contributed by atoms with van der Waals surface area (Å²) in [5.41, 5.74) is 3.80. The van der Waals surface area contributed by atoms with E-state index in [0.717, 1.165) is 24.5 Å². The maximum atomic E-state index is 5.56. The van der Waals surface area contributed by atoms with Gasteiger partial charge in [-0.25, -0.2) is 0 Å². The highest BCUT2D eigenvalue weighted by atomic mass is 16.5. The Morgan fingerprint density at radius 3 is 2.44 bits per heavy atom. The van der Waals surface area contributed by atoms with Crippen molar-refractivity contribution in [3.63, 3.8) is 0 Å². The maximum Gasteiger partial charge on any atom is 0.127 e. The van der Waals surface area contributed by atoms with Crippen LogP contribution in [0.4, 0.5) is 0 Å². The fraction of sp³-hybridized carbons (Fsp3) is 0.304. The fourth-order valence-electron chi connectivity index (χ4n) is 2.39. The first kappa shape index (κ1) is 18.9. The van der Waals surface area contributed by atoms with Crippen LogP contribution in [0.3, 0.4) is 0 Å². The lowest BCUT2D eigenvalue weighted by Crippen LogP contribution is -2.06. The Balaban J connectivity index is 0.000000181. The molecular weight excluding hydrogens is 308 g/mol. The number of hydrogen-bond acceptors (Lipinski definition) is 2. The van der Waals surface area contributed by atoms with E-state index in [-0.39, 0.29) is 0 Å². The highest BCUT2D eigenvalue weighted by Gasteiger charge is 2.07. The summed E-state index contributed by atoms with van der Waals surface area (Å²) < 4.78 is 10.6. The monoisotopic (exact) mass is 336 g/mol. The number of allylic oxidation sites excluding steroid dienone is 1. The van der Waals surface area contributed by atoms with E-state index in [1.807, 2.05) is 30.3 Å². The van der Waals surface area contributed by atoms with Crippen LogP contribution >= 0.6 is 0 Å². The van der Waals surface area contributed by atoms with E-state index in [0.29, 0.717) is 5.92 Å². The third-order valence-electron chi connectivity index (χ3n) is 3.94. The molecule has 1 aliphatic rings. The first-order valence-corrected chi connectivity index (χ1v) is 8.86. The van der Waals surface area contributed by atoms with Gasteiger partial charge >= 0.3 is 0 Å². The number of hydrogen-bond donors (Lipinski definition) is 0. The predicted octanol–water partition coefficient (Wildman–Crippen LogP) is 6.24. The van der Waals surface area contributed by atoms with Gasteiger partial charge in [0.2, 0.25) is 0 Å². The zero-order valence-corrected chi connectivity index (χ0v) is 15.7. The number of ether oxygens (including phenoxy) is 2. The second-order valence-corrected chi connectivity index (χ2v) is 6.36. The second kappa shape index (κ2) is 9.73. The normalized spacial score (nSPS) is 12.8. The zero-order valence-electron chi connectivity index (χ0n) is 15.7. The smallest absolute Gasteiger partial charge is 0.127 e. The van der Waals surface area contributed by atoms with Gasteiger partial charge in [0.25, 0.3) is 0 Å². The lowest BCUT2D eigenvalue weighted by molar-refractivity contribution is 0.344. The molecule has 2 nitrogen and oxygen atoms in total. The number of fused-ring (bicyclic) bond motifs is 1. The molecule has 2 aromatic carbocycles.